The van der Waals surface area contributed by atoms with Gasteiger partial charge in [0, 0.05) is 25.2 Å². The summed E-state index contributed by atoms with van der Waals surface area (Å²) in [4.78, 5) is 13.3. The minimum atomic E-state index is -0.698. The highest BCUT2D eigenvalue weighted by Gasteiger charge is 2.36. The maximum Gasteiger partial charge on any atom is 0.317 e. The average Bonchev–Trinajstić information content (AvgIpc) is 3.28. The number of carboxylic acid groups (broad SMARTS) is 1. The normalized spacial score (nSPS) is 23.5. The molecule has 2 aliphatic carbocycles. The van der Waals surface area contributed by atoms with E-state index in [9.17, 15) is 4.79 Å². The second-order valence-electron chi connectivity index (χ2n) is 8.92. The number of aliphatic carboxylic acids is 1. The fourth-order valence-electron chi connectivity index (χ4n) is 3.59. The minimum absolute atomic E-state index is 0.197. The SMILES string of the molecule is CC(C)(C)c1ccc(CNC2CC(N(CC(=O)O)CC3CC3)C2)cc1. The van der Waals surface area contributed by atoms with Gasteiger partial charge in [0.25, 0.3) is 0 Å². The molecule has 0 heterocycles. The third kappa shape index (κ3) is 5.29. The molecule has 1 aromatic carbocycles. The van der Waals surface area contributed by atoms with Crippen LogP contribution in [0.1, 0.15) is 57.6 Å². The second kappa shape index (κ2) is 7.46. The van der Waals surface area contributed by atoms with Crippen molar-refractivity contribution in [3.63, 3.8) is 0 Å². The highest BCUT2D eigenvalue weighted by atomic mass is 16.4. The molecule has 0 unspecified atom stereocenters. The molecule has 0 radical (unpaired) electrons. The van der Waals surface area contributed by atoms with Gasteiger partial charge in [0.15, 0.2) is 0 Å². The molecule has 0 atom stereocenters. The van der Waals surface area contributed by atoms with Crippen LogP contribution in [0.25, 0.3) is 0 Å². The van der Waals surface area contributed by atoms with Gasteiger partial charge in [-0.05, 0) is 48.1 Å². The number of hydrogen-bond donors (Lipinski definition) is 2. The van der Waals surface area contributed by atoms with Gasteiger partial charge in [-0.15, -0.1) is 0 Å². The molecule has 138 valence electrons. The molecule has 0 amide bonds. The molecule has 2 aliphatic rings. The fraction of sp³-hybridized carbons (Fsp3) is 0.667. The summed E-state index contributed by atoms with van der Waals surface area (Å²) in [6.45, 7) is 8.77. The van der Waals surface area contributed by atoms with Gasteiger partial charge in [0.1, 0.15) is 0 Å². The van der Waals surface area contributed by atoms with Crippen LogP contribution in [0.3, 0.4) is 0 Å². The molecular formula is C21H32N2O2. The predicted octanol–water partition coefficient (Wildman–Crippen LogP) is 3.40. The van der Waals surface area contributed by atoms with Crippen LogP contribution in [-0.2, 0) is 16.8 Å². The Morgan fingerprint density at radius 1 is 1.20 bits per heavy atom. The Kier molecular flexibility index (Phi) is 5.49. The summed E-state index contributed by atoms with van der Waals surface area (Å²) in [5, 5.41) is 12.8. The lowest BCUT2D eigenvalue weighted by Crippen LogP contribution is -2.54. The first-order chi connectivity index (χ1) is 11.8. The van der Waals surface area contributed by atoms with Gasteiger partial charge >= 0.3 is 5.97 Å². The summed E-state index contributed by atoms with van der Waals surface area (Å²) < 4.78 is 0. The van der Waals surface area contributed by atoms with Crippen molar-refractivity contribution in [3.05, 3.63) is 35.4 Å². The molecule has 2 fully saturated rings. The lowest BCUT2D eigenvalue weighted by atomic mass is 9.84. The molecule has 0 saturated heterocycles. The number of hydrogen-bond acceptors (Lipinski definition) is 3. The van der Waals surface area contributed by atoms with Gasteiger partial charge < -0.3 is 10.4 Å². The molecule has 0 aromatic heterocycles. The number of carboxylic acids is 1. The van der Waals surface area contributed by atoms with E-state index in [2.05, 4.69) is 55.3 Å². The highest BCUT2D eigenvalue weighted by molar-refractivity contribution is 5.69. The van der Waals surface area contributed by atoms with Crippen molar-refractivity contribution in [3.8, 4) is 0 Å². The van der Waals surface area contributed by atoms with E-state index in [1.165, 1.54) is 24.0 Å². The lowest BCUT2D eigenvalue weighted by molar-refractivity contribution is -0.139. The maximum absolute atomic E-state index is 11.1. The molecule has 2 saturated carbocycles. The van der Waals surface area contributed by atoms with Crippen LogP contribution in [-0.4, -0.2) is 41.1 Å². The van der Waals surface area contributed by atoms with Crippen LogP contribution < -0.4 is 5.32 Å². The quantitative estimate of drug-likeness (QED) is 0.759. The van der Waals surface area contributed by atoms with E-state index in [0.717, 1.165) is 31.8 Å². The third-order valence-electron chi connectivity index (χ3n) is 5.57. The Balaban J connectivity index is 1.42. The second-order valence-corrected chi connectivity index (χ2v) is 8.92. The van der Waals surface area contributed by atoms with Gasteiger partial charge in [-0.3, -0.25) is 9.69 Å². The van der Waals surface area contributed by atoms with Gasteiger partial charge in [0.2, 0.25) is 0 Å². The van der Waals surface area contributed by atoms with Crippen LogP contribution in [0.5, 0.6) is 0 Å². The number of nitrogens with zero attached hydrogens (tertiary/aromatic N) is 1. The third-order valence-corrected chi connectivity index (χ3v) is 5.57. The summed E-state index contributed by atoms with van der Waals surface area (Å²) in [6, 6.07) is 9.84. The highest BCUT2D eigenvalue weighted by Crippen LogP contribution is 2.33. The number of benzene rings is 1. The standard InChI is InChI=1S/C21H32N2O2/c1-21(2,3)17-8-6-15(7-9-17)12-22-18-10-19(11-18)23(14-20(24)25)13-16-4-5-16/h6-9,16,18-19,22H,4-5,10-14H2,1-3H3,(H,24,25). The molecular weight excluding hydrogens is 312 g/mol. The van der Waals surface area contributed by atoms with Crippen LogP contribution in [0, 0.1) is 5.92 Å². The van der Waals surface area contributed by atoms with E-state index in [1.54, 1.807) is 0 Å². The van der Waals surface area contributed by atoms with Gasteiger partial charge in [-0.2, -0.15) is 0 Å². The predicted molar refractivity (Wildman–Crippen MR) is 101 cm³/mol. The van der Waals surface area contributed by atoms with E-state index >= 15 is 0 Å². The molecule has 4 heteroatoms. The van der Waals surface area contributed by atoms with Crippen molar-refractivity contribution >= 4 is 5.97 Å². The Bertz CT molecular complexity index is 581. The monoisotopic (exact) mass is 344 g/mol. The Morgan fingerprint density at radius 3 is 2.36 bits per heavy atom. The fourth-order valence-corrected chi connectivity index (χ4v) is 3.59. The molecule has 0 spiro atoms. The number of nitrogens with one attached hydrogen (secondary N) is 1. The first-order valence-electron chi connectivity index (χ1n) is 9.60. The summed E-state index contributed by atoms with van der Waals surface area (Å²) >= 11 is 0. The minimum Gasteiger partial charge on any atom is -0.480 e. The van der Waals surface area contributed by atoms with Gasteiger partial charge in [0.05, 0.1) is 6.54 Å². The van der Waals surface area contributed by atoms with E-state index in [4.69, 9.17) is 5.11 Å². The summed E-state index contributed by atoms with van der Waals surface area (Å²) in [5.74, 6) is 0.0451. The zero-order chi connectivity index (χ0) is 18.0. The van der Waals surface area contributed by atoms with Crippen molar-refractivity contribution in [2.24, 2.45) is 5.92 Å². The van der Waals surface area contributed by atoms with Crippen LogP contribution >= 0.6 is 0 Å². The molecule has 0 bridgehead atoms. The molecule has 0 aliphatic heterocycles. The number of carbonyl (C=O) groups is 1. The van der Waals surface area contributed by atoms with Crippen molar-refractivity contribution in [1.82, 2.24) is 10.2 Å². The zero-order valence-corrected chi connectivity index (χ0v) is 15.8. The van der Waals surface area contributed by atoms with Crippen molar-refractivity contribution in [1.29, 1.82) is 0 Å². The van der Waals surface area contributed by atoms with Crippen LogP contribution in [0.4, 0.5) is 0 Å². The van der Waals surface area contributed by atoms with E-state index in [1.807, 2.05) is 0 Å². The van der Waals surface area contributed by atoms with Crippen LogP contribution in [0.15, 0.2) is 24.3 Å². The molecule has 25 heavy (non-hydrogen) atoms. The van der Waals surface area contributed by atoms with Crippen molar-refractivity contribution in [2.45, 2.75) is 70.5 Å². The molecule has 2 N–H and O–H groups in total. The number of rotatable bonds is 8. The van der Waals surface area contributed by atoms with Gasteiger partial charge in [-0.25, -0.2) is 0 Å². The Labute approximate surface area is 151 Å². The zero-order valence-electron chi connectivity index (χ0n) is 15.8. The van der Waals surface area contributed by atoms with Crippen molar-refractivity contribution < 1.29 is 9.90 Å². The lowest BCUT2D eigenvalue weighted by Gasteiger charge is -2.43. The summed E-state index contributed by atoms with van der Waals surface area (Å²) in [5.41, 5.74) is 2.88. The van der Waals surface area contributed by atoms with Gasteiger partial charge in [-0.1, -0.05) is 45.0 Å². The molecule has 4 nitrogen and oxygen atoms in total. The van der Waals surface area contributed by atoms with Crippen molar-refractivity contribution in [2.75, 3.05) is 13.1 Å². The molecule has 1 aromatic rings. The molecule has 3 rings (SSSR count). The van der Waals surface area contributed by atoms with Crippen LogP contribution in [0.2, 0.25) is 0 Å². The summed E-state index contributed by atoms with van der Waals surface area (Å²) in [7, 11) is 0. The smallest absolute Gasteiger partial charge is 0.317 e. The van der Waals surface area contributed by atoms with E-state index in [-0.39, 0.29) is 12.0 Å². The summed E-state index contributed by atoms with van der Waals surface area (Å²) in [6.07, 6.45) is 4.68. The Morgan fingerprint density at radius 2 is 1.84 bits per heavy atom. The largest absolute Gasteiger partial charge is 0.480 e. The topological polar surface area (TPSA) is 52.6 Å². The van der Waals surface area contributed by atoms with E-state index < -0.39 is 5.97 Å². The first kappa shape index (κ1) is 18.4. The Hall–Kier alpha value is -1.39. The average molecular weight is 344 g/mol. The maximum atomic E-state index is 11.1. The van der Waals surface area contributed by atoms with E-state index in [0.29, 0.717) is 12.1 Å². The first-order valence-corrected chi connectivity index (χ1v) is 9.60.